The van der Waals surface area contributed by atoms with Gasteiger partial charge >= 0.3 is 42.1 Å². The second-order valence-corrected chi connectivity index (χ2v) is 14.9. The Morgan fingerprint density at radius 2 is 0.788 bits per heavy atom. The first kappa shape index (κ1) is 42.3. The molecular formula is C54H32N8O2Pt2. The first-order valence-electron chi connectivity index (χ1n) is 20.6. The van der Waals surface area contributed by atoms with Gasteiger partial charge in [-0.05, 0) is 48.5 Å². The summed E-state index contributed by atoms with van der Waals surface area (Å²) < 4.78 is 21.4. The molecule has 0 aliphatic carbocycles. The molecule has 12 rings (SSSR count). The maximum absolute atomic E-state index is 6.54. The number of aromatic nitrogens is 8. The summed E-state index contributed by atoms with van der Waals surface area (Å²) in [6.07, 6.45) is 11.0. The third-order valence-electron chi connectivity index (χ3n) is 11.0. The summed E-state index contributed by atoms with van der Waals surface area (Å²) >= 11 is 0. The maximum Gasteiger partial charge on any atom is 2.00 e. The first-order chi connectivity index (χ1) is 31.7. The van der Waals surface area contributed by atoms with Crippen LogP contribution in [0.15, 0.2) is 195 Å². The van der Waals surface area contributed by atoms with E-state index in [1.165, 1.54) is 0 Å². The van der Waals surface area contributed by atoms with Crippen LogP contribution in [0.1, 0.15) is 0 Å². The summed E-state index contributed by atoms with van der Waals surface area (Å²) in [4.78, 5) is 19.0. The number of imidazole rings is 2. The van der Waals surface area contributed by atoms with Crippen molar-refractivity contribution in [2.24, 2.45) is 0 Å². The largest absolute Gasteiger partial charge is 2.00 e. The molecular weight excluding hydrogens is 1180 g/mol. The number of fused-ring (bicyclic) bond motifs is 5. The molecule has 0 unspecified atom stereocenters. The molecule has 6 aromatic heterocycles. The zero-order valence-electron chi connectivity index (χ0n) is 34.5. The molecule has 12 aromatic rings. The van der Waals surface area contributed by atoms with E-state index in [0.29, 0.717) is 23.0 Å². The van der Waals surface area contributed by atoms with Crippen LogP contribution in [0.25, 0.3) is 78.6 Å². The summed E-state index contributed by atoms with van der Waals surface area (Å²) in [6, 6.07) is 65.7. The Labute approximate surface area is 407 Å². The second kappa shape index (κ2) is 18.1. The van der Waals surface area contributed by atoms with Gasteiger partial charge in [0.05, 0.1) is 11.6 Å². The van der Waals surface area contributed by atoms with E-state index in [9.17, 15) is 0 Å². The third-order valence-corrected chi connectivity index (χ3v) is 11.0. The molecule has 0 amide bonds. The molecule has 6 aromatic carbocycles. The SMILES string of the molecule is [Pt+2].[Pt+2].[c-]1c(Oc2[c-]c3c(cc2)c2c(c4ccc(Oc5[c-]c(-c6nccn6-c6ccccc6)ccc5)[c-]c4n2-c2ccccn2)n3-c2ccccn2)cccc1-c1nccn1-c1ccccc1. The fourth-order valence-electron chi connectivity index (χ4n) is 8.25. The number of ether oxygens (including phenoxy) is 2. The van der Waals surface area contributed by atoms with Crippen LogP contribution in [-0.2, 0) is 42.1 Å². The Bertz CT molecular complexity index is 3390. The smallest absolute Gasteiger partial charge is 0.503 e. The van der Waals surface area contributed by atoms with Gasteiger partial charge in [0.1, 0.15) is 11.6 Å². The zero-order valence-corrected chi connectivity index (χ0v) is 39.0. The van der Waals surface area contributed by atoms with Crippen molar-refractivity contribution in [2.75, 3.05) is 0 Å². The summed E-state index contributed by atoms with van der Waals surface area (Å²) in [5.74, 6) is 5.06. The van der Waals surface area contributed by atoms with Gasteiger partial charge in [-0.15, -0.1) is 71.8 Å². The minimum atomic E-state index is 0. The Hall–Kier alpha value is -7.64. The van der Waals surface area contributed by atoms with Crippen molar-refractivity contribution >= 4 is 32.8 Å². The monoisotopic (exact) mass is 1210 g/mol. The van der Waals surface area contributed by atoms with Gasteiger partial charge in [0.15, 0.2) is 0 Å². The normalized spacial score (nSPS) is 11.1. The Morgan fingerprint density at radius 1 is 0.364 bits per heavy atom. The van der Waals surface area contributed by atoms with Crippen molar-refractivity contribution in [3.63, 3.8) is 0 Å². The van der Waals surface area contributed by atoms with Gasteiger partial charge in [0, 0.05) is 82.6 Å². The molecule has 0 radical (unpaired) electrons. The zero-order chi connectivity index (χ0) is 42.4. The Morgan fingerprint density at radius 3 is 1.21 bits per heavy atom. The summed E-state index contributed by atoms with van der Waals surface area (Å²) in [6.45, 7) is 0. The summed E-state index contributed by atoms with van der Waals surface area (Å²) in [5, 5.41) is 1.84. The van der Waals surface area contributed by atoms with E-state index in [2.05, 4.69) is 55.5 Å². The minimum Gasteiger partial charge on any atom is -0.503 e. The van der Waals surface area contributed by atoms with Crippen molar-refractivity contribution in [2.45, 2.75) is 0 Å². The number of hydrogen-bond acceptors (Lipinski definition) is 6. The van der Waals surface area contributed by atoms with Crippen LogP contribution in [0, 0.1) is 24.3 Å². The number of pyridine rings is 2. The van der Waals surface area contributed by atoms with E-state index in [0.717, 1.165) is 78.6 Å². The minimum absolute atomic E-state index is 0. The fraction of sp³-hybridized carbons (Fsp3) is 0. The number of hydrogen-bond donors (Lipinski definition) is 0. The quantitative estimate of drug-likeness (QED) is 0.127. The second-order valence-electron chi connectivity index (χ2n) is 14.9. The molecule has 0 aliphatic rings. The van der Waals surface area contributed by atoms with E-state index in [1.807, 2.05) is 167 Å². The van der Waals surface area contributed by atoms with E-state index in [1.54, 1.807) is 24.8 Å². The predicted octanol–water partition coefficient (Wildman–Crippen LogP) is 12.0. The molecule has 0 spiro atoms. The van der Waals surface area contributed by atoms with Crippen molar-refractivity contribution in [3.05, 3.63) is 219 Å². The van der Waals surface area contributed by atoms with Gasteiger partial charge in [-0.1, -0.05) is 82.5 Å². The fourth-order valence-corrected chi connectivity index (χ4v) is 8.25. The summed E-state index contributed by atoms with van der Waals surface area (Å²) in [5.41, 5.74) is 6.99. The molecule has 0 bridgehead atoms. The van der Waals surface area contributed by atoms with Crippen molar-refractivity contribution in [1.82, 2.24) is 38.2 Å². The van der Waals surface area contributed by atoms with Crippen LogP contribution in [0.3, 0.4) is 0 Å². The van der Waals surface area contributed by atoms with Crippen LogP contribution in [-0.4, -0.2) is 38.2 Å². The van der Waals surface area contributed by atoms with E-state index >= 15 is 0 Å². The number of para-hydroxylation sites is 2. The van der Waals surface area contributed by atoms with Gasteiger partial charge in [0.25, 0.3) is 0 Å². The maximum atomic E-state index is 6.54. The molecule has 6 heterocycles. The van der Waals surface area contributed by atoms with Crippen LogP contribution in [0.4, 0.5) is 0 Å². The third kappa shape index (κ3) is 7.64. The molecule has 12 heteroatoms. The van der Waals surface area contributed by atoms with Crippen LogP contribution < -0.4 is 9.47 Å². The Balaban J connectivity index is 0.00000256. The van der Waals surface area contributed by atoms with Crippen LogP contribution in [0.2, 0.25) is 0 Å². The molecule has 66 heavy (non-hydrogen) atoms. The van der Waals surface area contributed by atoms with E-state index < -0.39 is 0 Å². The molecule has 10 nitrogen and oxygen atoms in total. The average molecular weight is 1220 g/mol. The number of benzene rings is 6. The standard InChI is InChI=1S/C54H32N8O2.2Pt/c1-3-15-39(16-4-1)59-31-29-57-53(59)37-13-11-19-41(33-37)63-43-23-25-45-47(35-43)61(49-21-7-9-27-55-49)52-46-26-24-44(36-48(46)62(51(45)52)50-22-8-10-28-56-50)64-42-20-12-14-38(34-42)54-58-30-32-60(54)40-17-5-2-6-18-40;;/h1-32H;;/q-4;2*+2. The number of nitrogens with zero attached hydrogens (tertiary/aromatic N) is 8. The topological polar surface area (TPSA) is 89.7 Å². The molecule has 0 atom stereocenters. The van der Waals surface area contributed by atoms with Gasteiger partial charge < -0.3 is 27.7 Å². The number of rotatable bonds is 10. The van der Waals surface area contributed by atoms with Crippen molar-refractivity contribution < 1.29 is 51.6 Å². The summed E-state index contributed by atoms with van der Waals surface area (Å²) in [7, 11) is 0. The predicted molar refractivity (Wildman–Crippen MR) is 247 cm³/mol. The van der Waals surface area contributed by atoms with Gasteiger partial charge in [0.2, 0.25) is 0 Å². The van der Waals surface area contributed by atoms with Gasteiger partial charge in [-0.25, -0.2) is 9.97 Å². The van der Waals surface area contributed by atoms with E-state index in [-0.39, 0.29) is 42.1 Å². The average Bonchev–Trinajstić information content (AvgIpc) is 4.17. The molecule has 0 fully saturated rings. The molecule has 0 saturated carbocycles. The van der Waals surface area contributed by atoms with E-state index in [4.69, 9.17) is 19.4 Å². The van der Waals surface area contributed by atoms with Crippen LogP contribution >= 0.6 is 0 Å². The molecule has 320 valence electrons. The first-order valence-corrected chi connectivity index (χ1v) is 20.6. The molecule has 0 aliphatic heterocycles. The molecule has 0 saturated heterocycles. The van der Waals surface area contributed by atoms with Gasteiger partial charge in [-0.2, -0.15) is 12.1 Å². The molecule has 0 N–H and O–H groups in total. The van der Waals surface area contributed by atoms with Gasteiger partial charge in [-0.3, -0.25) is 9.97 Å². The Kier molecular flexibility index (Phi) is 11.6. The van der Waals surface area contributed by atoms with Crippen LogP contribution in [0.5, 0.6) is 23.0 Å². The van der Waals surface area contributed by atoms with Crippen molar-refractivity contribution in [3.8, 4) is 68.8 Å². The van der Waals surface area contributed by atoms with Crippen molar-refractivity contribution in [1.29, 1.82) is 0 Å².